The molecule has 0 atom stereocenters. The van der Waals surface area contributed by atoms with Crippen LogP contribution in [0.5, 0.6) is 0 Å². The highest BCUT2D eigenvalue weighted by Gasteiger charge is 1.62. The highest BCUT2D eigenvalue weighted by molar-refractivity contribution is 4.99. The molecular formula is C5H7+. The van der Waals surface area contributed by atoms with E-state index in [9.17, 15) is 0 Å². The Morgan fingerprint density at radius 1 is 1.80 bits per heavy atom. The highest BCUT2D eigenvalue weighted by Crippen LogP contribution is 1.62. The van der Waals surface area contributed by atoms with E-state index >= 15 is 0 Å². The van der Waals surface area contributed by atoms with Crippen molar-refractivity contribution in [2.75, 3.05) is 0 Å². The Balaban J connectivity index is 2.81. The van der Waals surface area contributed by atoms with E-state index in [0.29, 0.717) is 0 Å². The van der Waals surface area contributed by atoms with Crippen LogP contribution in [0.25, 0.3) is 0 Å². The average molecular weight is 67.1 g/mol. The van der Waals surface area contributed by atoms with Crippen LogP contribution in [-0.4, -0.2) is 0 Å². The monoisotopic (exact) mass is 67.1 g/mol. The smallest absolute Gasteiger partial charge is 0.0345 e. The fourth-order valence-corrected chi connectivity index (χ4v) is 0.125. The zero-order chi connectivity index (χ0) is 4.12. The Labute approximate surface area is 33.2 Å². The van der Waals surface area contributed by atoms with Crippen LogP contribution in [0.1, 0.15) is 13.3 Å². The third-order valence-corrected chi connectivity index (χ3v) is 0.302. The van der Waals surface area contributed by atoms with Crippen molar-refractivity contribution < 1.29 is 0 Å². The average Bonchev–Trinajstić information content (AvgIpc) is 1.41. The van der Waals surface area contributed by atoms with Gasteiger partial charge in [-0.2, -0.15) is 0 Å². The first-order valence-electron chi connectivity index (χ1n) is 1.66. The maximum atomic E-state index is 3.31. The molecule has 0 unspecified atom stereocenters. The predicted octanol–water partition coefficient (Wildman–Crippen LogP) is 1.23. The largest absolute Gasteiger partial charge is 0.135 e. The van der Waals surface area contributed by atoms with Crippen LogP contribution in [0.4, 0.5) is 0 Å². The molecule has 0 N–H and O–H groups in total. The van der Waals surface area contributed by atoms with Crippen molar-refractivity contribution >= 4 is 0 Å². The second-order valence-corrected chi connectivity index (χ2v) is 0.707. The molecule has 0 heterocycles. The molecular weight excluding hydrogens is 60.1 g/mol. The van der Waals surface area contributed by atoms with Crippen LogP contribution < -0.4 is 0 Å². The van der Waals surface area contributed by atoms with E-state index in [0.717, 1.165) is 6.42 Å². The first-order chi connectivity index (χ1) is 2.41. The summed E-state index contributed by atoms with van der Waals surface area (Å²) in [5, 5.41) is 0. The van der Waals surface area contributed by atoms with Gasteiger partial charge in [-0.25, -0.2) is 0 Å². The van der Waals surface area contributed by atoms with Gasteiger partial charge in [-0.05, 0) is 6.92 Å². The van der Waals surface area contributed by atoms with E-state index in [4.69, 9.17) is 0 Å². The third-order valence-electron chi connectivity index (χ3n) is 0.302. The summed E-state index contributed by atoms with van der Waals surface area (Å²) in [6.45, 7) is 5.31. The summed E-state index contributed by atoms with van der Waals surface area (Å²) >= 11 is 0. The van der Waals surface area contributed by atoms with Crippen LogP contribution >= 0.6 is 0 Å². The summed E-state index contributed by atoms with van der Waals surface area (Å²) < 4.78 is 0. The lowest BCUT2D eigenvalue weighted by Gasteiger charge is -1.45. The van der Waals surface area contributed by atoms with Gasteiger partial charge in [0, 0.05) is 0 Å². The van der Waals surface area contributed by atoms with Crippen LogP contribution in [0.2, 0.25) is 0 Å². The van der Waals surface area contributed by atoms with Crippen molar-refractivity contribution in [3.05, 3.63) is 6.92 Å². The first-order valence-corrected chi connectivity index (χ1v) is 1.66. The third kappa shape index (κ3) is 3.43. The minimum Gasteiger partial charge on any atom is -0.0345 e. The Bertz CT molecular complexity index is 52.2. The number of hydrogen-bond donors (Lipinski definition) is 0. The molecule has 0 aromatic carbocycles. The molecule has 0 aliphatic rings. The lowest BCUT2D eigenvalue weighted by atomic mass is 10.5. The van der Waals surface area contributed by atoms with E-state index in [1.807, 2.05) is 6.92 Å². The van der Waals surface area contributed by atoms with Gasteiger partial charge >= 0.3 is 0 Å². The maximum Gasteiger partial charge on any atom is 0.135 e. The molecule has 26 valence electrons. The SMILES string of the molecule is [CH2+]C#CCC. The summed E-state index contributed by atoms with van der Waals surface area (Å²) in [4.78, 5) is 0. The van der Waals surface area contributed by atoms with Gasteiger partial charge in [-0.3, -0.25) is 0 Å². The van der Waals surface area contributed by atoms with Gasteiger partial charge in [0.1, 0.15) is 11.8 Å². The van der Waals surface area contributed by atoms with Gasteiger partial charge in [-0.1, -0.05) is 0 Å². The van der Waals surface area contributed by atoms with Gasteiger partial charge in [0.05, 0.1) is 13.3 Å². The maximum absolute atomic E-state index is 3.31. The number of rotatable bonds is 0. The fraction of sp³-hybridized carbons (Fsp3) is 0.400. The zero-order valence-corrected chi connectivity index (χ0v) is 3.41. The quantitative estimate of drug-likeness (QED) is 0.295. The van der Waals surface area contributed by atoms with E-state index in [1.165, 1.54) is 0 Å². The van der Waals surface area contributed by atoms with E-state index in [-0.39, 0.29) is 0 Å². The molecule has 0 bridgehead atoms. The van der Waals surface area contributed by atoms with Crippen LogP contribution in [0.3, 0.4) is 0 Å². The molecule has 0 spiro atoms. The van der Waals surface area contributed by atoms with Gasteiger partial charge in [0.2, 0.25) is 0 Å². The van der Waals surface area contributed by atoms with E-state index in [1.54, 1.807) is 0 Å². The van der Waals surface area contributed by atoms with Crippen molar-refractivity contribution in [1.82, 2.24) is 0 Å². The Morgan fingerprint density at radius 3 is 2.40 bits per heavy atom. The minimum absolute atomic E-state index is 0.920. The van der Waals surface area contributed by atoms with Crippen LogP contribution in [0.15, 0.2) is 0 Å². The summed E-state index contributed by atoms with van der Waals surface area (Å²) in [5.41, 5.74) is 0. The molecule has 0 amide bonds. The van der Waals surface area contributed by atoms with Crippen molar-refractivity contribution in [3.8, 4) is 11.8 Å². The molecule has 0 aromatic heterocycles. The fourth-order valence-electron chi connectivity index (χ4n) is 0.125. The molecule has 0 nitrogen and oxygen atoms in total. The van der Waals surface area contributed by atoms with Crippen molar-refractivity contribution in [2.45, 2.75) is 13.3 Å². The predicted molar refractivity (Wildman–Crippen MR) is 23.4 cm³/mol. The molecule has 0 fully saturated rings. The molecule has 5 heavy (non-hydrogen) atoms. The Morgan fingerprint density at radius 2 is 2.40 bits per heavy atom. The highest BCUT2D eigenvalue weighted by atomic mass is 13.5. The van der Waals surface area contributed by atoms with Crippen molar-refractivity contribution in [1.29, 1.82) is 0 Å². The molecule has 0 radical (unpaired) electrons. The standard InChI is InChI=1S/C5H7/c1-3-5-4-2/h1,4H2,2H3/q+1. The lowest BCUT2D eigenvalue weighted by Crippen LogP contribution is -1.45. The summed E-state index contributed by atoms with van der Waals surface area (Å²) in [7, 11) is 0. The second kappa shape index (κ2) is 3.43. The van der Waals surface area contributed by atoms with E-state index in [2.05, 4.69) is 18.8 Å². The Kier molecular flexibility index (Phi) is 3.04. The minimum atomic E-state index is 0.920. The Hall–Kier alpha value is -0.570. The number of hydrogen-bond acceptors (Lipinski definition) is 0. The molecule has 0 rings (SSSR count). The molecule has 0 aliphatic heterocycles. The van der Waals surface area contributed by atoms with Gasteiger partial charge < -0.3 is 0 Å². The van der Waals surface area contributed by atoms with Crippen LogP contribution in [-0.2, 0) is 0 Å². The second-order valence-electron chi connectivity index (χ2n) is 0.707. The van der Waals surface area contributed by atoms with Crippen molar-refractivity contribution in [2.24, 2.45) is 0 Å². The van der Waals surface area contributed by atoms with Gasteiger partial charge in [0.15, 0.2) is 0 Å². The molecule has 0 saturated carbocycles. The molecule has 0 aliphatic carbocycles. The zero-order valence-electron chi connectivity index (χ0n) is 3.41. The normalized spacial score (nSPS) is 5.00. The topological polar surface area (TPSA) is 0 Å². The lowest BCUT2D eigenvalue weighted by molar-refractivity contribution is 1.28. The molecule has 0 aromatic rings. The summed E-state index contributed by atoms with van der Waals surface area (Å²) in [6.07, 6.45) is 0.920. The summed E-state index contributed by atoms with van der Waals surface area (Å²) in [6, 6.07) is 0. The van der Waals surface area contributed by atoms with Crippen molar-refractivity contribution in [3.63, 3.8) is 0 Å². The first kappa shape index (κ1) is 4.43. The van der Waals surface area contributed by atoms with Gasteiger partial charge in [-0.15, -0.1) is 0 Å². The van der Waals surface area contributed by atoms with Gasteiger partial charge in [0.25, 0.3) is 0 Å². The van der Waals surface area contributed by atoms with Crippen LogP contribution in [0, 0.1) is 18.8 Å². The van der Waals surface area contributed by atoms with E-state index < -0.39 is 0 Å². The molecule has 0 heteroatoms. The molecule has 0 saturated heterocycles. The summed E-state index contributed by atoms with van der Waals surface area (Å²) in [5.74, 6) is 5.27.